The van der Waals surface area contributed by atoms with Gasteiger partial charge in [-0.1, -0.05) is 6.07 Å². The fraction of sp³-hybridized carbons (Fsp3) is 0.438. The van der Waals surface area contributed by atoms with E-state index in [0.29, 0.717) is 12.1 Å². The number of amides is 1. The van der Waals surface area contributed by atoms with Gasteiger partial charge in [-0.15, -0.1) is 0 Å². The van der Waals surface area contributed by atoms with E-state index in [1.807, 2.05) is 0 Å². The molecule has 4 nitrogen and oxygen atoms in total. The van der Waals surface area contributed by atoms with Gasteiger partial charge in [0.2, 0.25) is 5.91 Å². The Kier molecular flexibility index (Phi) is 4.67. The lowest BCUT2D eigenvalue weighted by Gasteiger charge is -2.33. The minimum atomic E-state index is -5.28. The predicted octanol–water partition coefficient (Wildman–Crippen LogP) is 3.39. The number of ketones is 2. The summed E-state index contributed by atoms with van der Waals surface area (Å²) in [5.41, 5.74) is -5.57. The van der Waals surface area contributed by atoms with Gasteiger partial charge in [-0.05, 0) is 26.0 Å². The van der Waals surface area contributed by atoms with Gasteiger partial charge in [0.15, 0.2) is 17.5 Å². The summed E-state index contributed by atoms with van der Waals surface area (Å²) < 4.78 is 77.5. The molecule has 0 bridgehead atoms. The van der Waals surface area contributed by atoms with E-state index >= 15 is 0 Å². The Bertz CT molecular complexity index is 759. The number of rotatable bonds is 2. The maximum atomic E-state index is 13.2. The zero-order chi connectivity index (χ0) is 20.1. The van der Waals surface area contributed by atoms with Crippen molar-refractivity contribution in [1.82, 2.24) is 5.32 Å². The van der Waals surface area contributed by atoms with Gasteiger partial charge in [-0.25, -0.2) is 0 Å². The van der Waals surface area contributed by atoms with Crippen molar-refractivity contribution >= 4 is 17.5 Å². The molecular formula is C16H13F6NO3. The van der Waals surface area contributed by atoms with Crippen LogP contribution in [0.4, 0.5) is 26.3 Å². The molecule has 1 aromatic rings. The van der Waals surface area contributed by atoms with Crippen LogP contribution in [0.1, 0.15) is 41.8 Å². The van der Waals surface area contributed by atoms with E-state index < -0.39 is 58.0 Å². The average Bonchev–Trinajstić information content (AvgIpc) is 2.42. The van der Waals surface area contributed by atoms with E-state index in [1.54, 1.807) is 0 Å². The summed E-state index contributed by atoms with van der Waals surface area (Å²) in [5, 5.41) is 2.34. The van der Waals surface area contributed by atoms with Gasteiger partial charge in [-0.3, -0.25) is 14.4 Å². The van der Waals surface area contributed by atoms with Crippen LogP contribution >= 0.6 is 0 Å². The van der Waals surface area contributed by atoms with Gasteiger partial charge in [0.25, 0.3) is 0 Å². The third-order valence-corrected chi connectivity index (χ3v) is 3.84. The van der Waals surface area contributed by atoms with E-state index in [-0.39, 0.29) is 12.5 Å². The molecular weight excluding hydrogens is 368 g/mol. The molecule has 0 aromatic heterocycles. The number of alkyl halides is 6. The van der Waals surface area contributed by atoms with Crippen LogP contribution in [0.5, 0.6) is 0 Å². The lowest BCUT2D eigenvalue weighted by Crippen LogP contribution is -2.56. The second-order valence-corrected chi connectivity index (χ2v) is 6.57. The van der Waals surface area contributed by atoms with Crippen molar-refractivity contribution in [3.8, 4) is 0 Å². The summed E-state index contributed by atoms with van der Waals surface area (Å²) in [6, 6.07) is 0.439. The summed E-state index contributed by atoms with van der Waals surface area (Å²) >= 11 is 0. The lowest BCUT2D eigenvalue weighted by atomic mass is 9.80. The number of halogens is 6. The fourth-order valence-corrected chi connectivity index (χ4v) is 2.72. The highest BCUT2D eigenvalue weighted by Crippen LogP contribution is 2.38. The smallest absolute Gasteiger partial charge is 0.350 e. The summed E-state index contributed by atoms with van der Waals surface area (Å²) in [6.07, 6.45) is -10.6. The zero-order valence-electron chi connectivity index (χ0n) is 13.5. The molecule has 1 amide bonds. The first kappa shape index (κ1) is 19.9. The Morgan fingerprint density at radius 2 is 1.65 bits per heavy atom. The highest BCUT2D eigenvalue weighted by molar-refractivity contribution is 6.25. The van der Waals surface area contributed by atoms with E-state index in [4.69, 9.17) is 0 Å². The van der Waals surface area contributed by atoms with E-state index in [9.17, 15) is 40.7 Å². The molecule has 0 spiro atoms. The van der Waals surface area contributed by atoms with Crippen molar-refractivity contribution in [2.45, 2.75) is 38.2 Å². The van der Waals surface area contributed by atoms with E-state index in [1.165, 1.54) is 13.8 Å². The minimum absolute atomic E-state index is 0.206. The van der Waals surface area contributed by atoms with Crippen LogP contribution in [-0.4, -0.2) is 23.0 Å². The Morgan fingerprint density at radius 3 is 2.12 bits per heavy atom. The summed E-state index contributed by atoms with van der Waals surface area (Å²) in [7, 11) is 0. The Hall–Kier alpha value is -2.39. The molecule has 0 radical (unpaired) electrons. The SMILES string of the molecule is CC1(C)CC(=O)C(C(=O)c2ccc(C(F)(F)F)cc2C(F)(F)F)C(=O)N1. The first-order chi connectivity index (χ1) is 11.6. The Morgan fingerprint density at radius 1 is 1.08 bits per heavy atom. The summed E-state index contributed by atoms with van der Waals surface area (Å²) in [4.78, 5) is 36.5. The number of carbonyl (C=O) groups is 3. The lowest BCUT2D eigenvalue weighted by molar-refractivity contribution is -0.144. The molecule has 1 aromatic carbocycles. The highest BCUT2D eigenvalue weighted by Gasteiger charge is 2.46. The molecule has 142 valence electrons. The standard InChI is InChI=1S/C16H13F6NO3/c1-14(2)6-10(24)11(13(26)23-14)12(25)8-4-3-7(15(17,18)19)5-9(8)16(20,21)22/h3-5,11H,6H2,1-2H3,(H,23,26). The second-order valence-electron chi connectivity index (χ2n) is 6.57. The molecule has 26 heavy (non-hydrogen) atoms. The number of hydrogen-bond donors (Lipinski definition) is 1. The molecule has 1 heterocycles. The molecule has 1 atom stereocenters. The van der Waals surface area contributed by atoms with Crippen molar-refractivity contribution in [2.24, 2.45) is 5.92 Å². The number of hydrogen-bond acceptors (Lipinski definition) is 3. The number of Topliss-reactive ketones (excluding diaryl/α,β-unsaturated/α-hetero) is 2. The molecule has 1 unspecified atom stereocenters. The normalized spacial score (nSPS) is 20.7. The minimum Gasteiger partial charge on any atom is -0.350 e. The topological polar surface area (TPSA) is 63.2 Å². The van der Waals surface area contributed by atoms with Crippen molar-refractivity contribution < 1.29 is 40.7 Å². The van der Waals surface area contributed by atoms with Crippen molar-refractivity contribution in [3.05, 3.63) is 34.9 Å². The number of carbonyl (C=O) groups excluding carboxylic acids is 3. The molecule has 0 aliphatic carbocycles. The third-order valence-electron chi connectivity index (χ3n) is 3.84. The molecule has 1 aliphatic heterocycles. The van der Waals surface area contributed by atoms with Crippen LogP contribution < -0.4 is 5.32 Å². The predicted molar refractivity (Wildman–Crippen MR) is 76.1 cm³/mol. The Labute approximate surface area is 143 Å². The molecule has 1 saturated heterocycles. The van der Waals surface area contributed by atoms with Crippen LogP contribution in [0.25, 0.3) is 0 Å². The van der Waals surface area contributed by atoms with Gasteiger partial charge in [0.1, 0.15) is 0 Å². The summed E-state index contributed by atoms with van der Waals surface area (Å²) in [5.74, 6) is -5.48. The Balaban J connectivity index is 2.52. The van der Waals surface area contributed by atoms with Crippen LogP contribution in [0.2, 0.25) is 0 Å². The van der Waals surface area contributed by atoms with Gasteiger partial charge >= 0.3 is 12.4 Å². The number of piperidine rings is 1. The van der Waals surface area contributed by atoms with Crippen LogP contribution in [0.3, 0.4) is 0 Å². The van der Waals surface area contributed by atoms with Crippen LogP contribution in [0.15, 0.2) is 18.2 Å². The first-order valence-electron chi connectivity index (χ1n) is 7.31. The van der Waals surface area contributed by atoms with Crippen LogP contribution in [-0.2, 0) is 21.9 Å². The summed E-state index contributed by atoms with van der Waals surface area (Å²) in [6.45, 7) is 2.98. The third kappa shape index (κ3) is 3.88. The maximum Gasteiger partial charge on any atom is 0.417 e. The number of nitrogens with one attached hydrogen (secondary N) is 1. The van der Waals surface area contributed by atoms with Gasteiger partial charge in [-0.2, -0.15) is 26.3 Å². The molecule has 10 heteroatoms. The average molecular weight is 381 g/mol. The molecule has 1 aliphatic rings. The largest absolute Gasteiger partial charge is 0.417 e. The molecule has 1 N–H and O–H groups in total. The van der Waals surface area contributed by atoms with Crippen molar-refractivity contribution in [1.29, 1.82) is 0 Å². The fourth-order valence-electron chi connectivity index (χ4n) is 2.72. The van der Waals surface area contributed by atoms with Gasteiger partial charge < -0.3 is 5.32 Å². The monoisotopic (exact) mass is 381 g/mol. The van der Waals surface area contributed by atoms with Crippen molar-refractivity contribution in [2.75, 3.05) is 0 Å². The van der Waals surface area contributed by atoms with E-state index in [2.05, 4.69) is 5.32 Å². The van der Waals surface area contributed by atoms with Crippen molar-refractivity contribution in [3.63, 3.8) is 0 Å². The molecule has 2 rings (SSSR count). The maximum absolute atomic E-state index is 13.2. The number of benzene rings is 1. The second kappa shape index (κ2) is 6.10. The van der Waals surface area contributed by atoms with Crippen LogP contribution in [0, 0.1) is 5.92 Å². The molecule has 0 saturated carbocycles. The van der Waals surface area contributed by atoms with Gasteiger partial charge in [0.05, 0.1) is 11.1 Å². The molecule has 1 fully saturated rings. The highest BCUT2D eigenvalue weighted by atomic mass is 19.4. The first-order valence-corrected chi connectivity index (χ1v) is 7.31. The van der Waals surface area contributed by atoms with Gasteiger partial charge in [0, 0.05) is 17.5 Å². The quantitative estimate of drug-likeness (QED) is 0.485. The van der Waals surface area contributed by atoms with E-state index in [0.717, 1.165) is 0 Å². The zero-order valence-corrected chi connectivity index (χ0v) is 13.5.